The first-order valence-corrected chi connectivity index (χ1v) is 10.5. The third-order valence-electron chi connectivity index (χ3n) is 5.38. The zero-order chi connectivity index (χ0) is 21.4. The van der Waals surface area contributed by atoms with Gasteiger partial charge in [-0.25, -0.2) is 0 Å². The number of fused-ring (bicyclic) bond motifs is 2. The smallest absolute Gasteiger partial charge is 0.299 e. The highest BCUT2D eigenvalue weighted by Gasteiger charge is 2.36. The Balaban J connectivity index is 1.27. The SMILES string of the molecule is O=C1C(=O)N(CCCCCCN2C(=O)C(=O)c3cc(Cl)ccc32)c2ccc(Cl)cc21. The van der Waals surface area contributed by atoms with Crippen LogP contribution in [0.3, 0.4) is 0 Å². The van der Waals surface area contributed by atoms with E-state index in [1.807, 2.05) is 0 Å². The molecule has 0 saturated heterocycles. The van der Waals surface area contributed by atoms with Gasteiger partial charge in [-0.1, -0.05) is 36.0 Å². The Morgan fingerprint density at radius 1 is 0.600 bits per heavy atom. The summed E-state index contributed by atoms with van der Waals surface area (Å²) >= 11 is 11.8. The van der Waals surface area contributed by atoms with Gasteiger partial charge in [-0.2, -0.15) is 0 Å². The van der Waals surface area contributed by atoms with Gasteiger partial charge in [0.05, 0.1) is 22.5 Å². The molecule has 0 bridgehead atoms. The van der Waals surface area contributed by atoms with E-state index in [0.717, 1.165) is 25.7 Å². The van der Waals surface area contributed by atoms with Gasteiger partial charge in [0.15, 0.2) is 0 Å². The third-order valence-corrected chi connectivity index (χ3v) is 5.85. The van der Waals surface area contributed by atoms with Crippen LogP contribution < -0.4 is 9.80 Å². The largest absolute Gasteiger partial charge is 0.305 e. The molecule has 0 radical (unpaired) electrons. The van der Waals surface area contributed by atoms with Gasteiger partial charge in [-0.05, 0) is 49.2 Å². The summed E-state index contributed by atoms with van der Waals surface area (Å²) in [5.74, 6) is -2.10. The van der Waals surface area contributed by atoms with E-state index in [9.17, 15) is 19.2 Å². The van der Waals surface area contributed by atoms with Crippen molar-refractivity contribution in [2.45, 2.75) is 25.7 Å². The maximum Gasteiger partial charge on any atom is 0.299 e. The molecule has 2 aromatic carbocycles. The molecule has 2 aliphatic heterocycles. The number of amides is 2. The molecule has 2 heterocycles. The quantitative estimate of drug-likeness (QED) is 0.470. The zero-order valence-corrected chi connectivity index (χ0v) is 17.5. The molecule has 6 nitrogen and oxygen atoms in total. The second kappa shape index (κ2) is 8.20. The standard InChI is InChI=1S/C22H18Cl2N2O4/c23-13-5-7-17-15(11-13)19(27)21(29)25(17)9-3-1-2-4-10-26-18-8-6-14(24)12-16(18)20(28)22(26)30/h5-8,11-12H,1-4,9-10H2. The molecule has 0 atom stereocenters. The van der Waals surface area contributed by atoms with E-state index in [0.29, 0.717) is 45.6 Å². The van der Waals surface area contributed by atoms with Crippen molar-refractivity contribution in [3.8, 4) is 0 Å². The molecule has 0 unspecified atom stereocenters. The predicted molar refractivity (Wildman–Crippen MR) is 115 cm³/mol. The molecule has 0 spiro atoms. The normalized spacial score (nSPS) is 15.3. The molecule has 4 rings (SSSR count). The van der Waals surface area contributed by atoms with Crippen molar-refractivity contribution in [3.63, 3.8) is 0 Å². The van der Waals surface area contributed by atoms with Gasteiger partial charge in [-0.3, -0.25) is 19.2 Å². The van der Waals surface area contributed by atoms with Gasteiger partial charge in [0.25, 0.3) is 23.4 Å². The van der Waals surface area contributed by atoms with E-state index >= 15 is 0 Å². The first-order valence-electron chi connectivity index (χ1n) is 9.70. The summed E-state index contributed by atoms with van der Waals surface area (Å²) in [4.78, 5) is 51.6. The molecule has 0 N–H and O–H groups in total. The second-order valence-electron chi connectivity index (χ2n) is 7.31. The summed E-state index contributed by atoms with van der Waals surface area (Å²) in [6.45, 7) is 0.892. The maximum absolute atomic E-state index is 12.2. The van der Waals surface area contributed by atoms with E-state index in [4.69, 9.17) is 23.2 Å². The Hall–Kier alpha value is -2.70. The molecule has 154 valence electrons. The van der Waals surface area contributed by atoms with Crippen LogP contribution in [0.15, 0.2) is 36.4 Å². The number of hydrogen-bond donors (Lipinski definition) is 0. The van der Waals surface area contributed by atoms with E-state index in [1.54, 1.807) is 24.3 Å². The number of rotatable bonds is 7. The number of carbonyl (C=O) groups excluding carboxylic acids is 4. The first-order chi connectivity index (χ1) is 14.4. The molecular weight excluding hydrogens is 427 g/mol. The number of ketones is 2. The maximum atomic E-state index is 12.2. The summed E-state index contributed by atoms with van der Waals surface area (Å²) in [5.41, 5.74) is 1.91. The van der Waals surface area contributed by atoms with Crippen LogP contribution in [0.4, 0.5) is 11.4 Å². The van der Waals surface area contributed by atoms with Crippen molar-refractivity contribution in [1.82, 2.24) is 0 Å². The number of Topliss-reactive ketones (excluding diaryl/α,β-unsaturated/α-hetero) is 2. The second-order valence-corrected chi connectivity index (χ2v) is 8.18. The lowest BCUT2D eigenvalue weighted by Gasteiger charge is -2.18. The number of hydrogen-bond acceptors (Lipinski definition) is 4. The molecule has 2 aliphatic rings. The summed E-state index contributed by atoms with van der Waals surface area (Å²) in [5, 5.41) is 0.853. The Bertz CT molecular complexity index is 997. The molecule has 8 heteroatoms. The highest BCUT2D eigenvalue weighted by molar-refractivity contribution is 6.53. The Morgan fingerprint density at radius 2 is 1.00 bits per heavy atom. The molecule has 2 amide bonds. The summed E-state index contributed by atoms with van der Waals surface area (Å²) in [7, 11) is 0. The van der Waals surface area contributed by atoms with Gasteiger partial charge in [-0.15, -0.1) is 0 Å². The minimum absolute atomic E-state index is 0.350. The zero-order valence-electron chi connectivity index (χ0n) is 16.0. The van der Waals surface area contributed by atoms with Crippen molar-refractivity contribution in [2.24, 2.45) is 0 Å². The van der Waals surface area contributed by atoms with Gasteiger partial charge >= 0.3 is 0 Å². The number of anilines is 2. The number of unbranched alkanes of at least 4 members (excludes halogenated alkanes) is 3. The van der Waals surface area contributed by atoms with E-state index in [1.165, 1.54) is 21.9 Å². The molecule has 0 aromatic heterocycles. The molecule has 30 heavy (non-hydrogen) atoms. The van der Waals surface area contributed by atoms with E-state index in [-0.39, 0.29) is 0 Å². The van der Waals surface area contributed by atoms with Crippen molar-refractivity contribution in [3.05, 3.63) is 57.6 Å². The lowest BCUT2D eigenvalue weighted by molar-refractivity contribution is -0.115. The highest BCUT2D eigenvalue weighted by atomic mass is 35.5. The highest BCUT2D eigenvalue weighted by Crippen LogP contribution is 2.32. The third kappa shape index (κ3) is 3.61. The minimum atomic E-state index is -0.525. The topological polar surface area (TPSA) is 74.8 Å². The van der Waals surface area contributed by atoms with Crippen LogP contribution in [-0.4, -0.2) is 36.5 Å². The van der Waals surface area contributed by atoms with Crippen molar-refractivity contribution < 1.29 is 19.2 Å². The van der Waals surface area contributed by atoms with E-state index < -0.39 is 23.4 Å². The number of carbonyl (C=O) groups is 4. The van der Waals surface area contributed by atoms with Gasteiger partial charge in [0.2, 0.25) is 0 Å². The average Bonchev–Trinajstić information content (AvgIpc) is 3.10. The number of nitrogens with zero attached hydrogens (tertiary/aromatic N) is 2. The van der Waals surface area contributed by atoms with Crippen LogP contribution in [-0.2, 0) is 9.59 Å². The van der Waals surface area contributed by atoms with Crippen LogP contribution >= 0.6 is 23.2 Å². The summed E-state index contributed by atoms with van der Waals surface area (Å²) in [6.07, 6.45) is 3.09. The van der Waals surface area contributed by atoms with Crippen LogP contribution in [0.5, 0.6) is 0 Å². The summed E-state index contributed by atoms with van der Waals surface area (Å²) in [6, 6.07) is 9.77. The molecule has 0 saturated carbocycles. The Labute approximate surface area is 183 Å². The summed E-state index contributed by atoms with van der Waals surface area (Å²) < 4.78 is 0. The Kier molecular flexibility index (Phi) is 5.62. The Morgan fingerprint density at radius 3 is 1.40 bits per heavy atom. The van der Waals surface area contributed by atoms with E-state index in [2.05, 4.69) is 0 Å². The number of benzene rings is 2. The number of halogens is 2. The van der Waals surface area contributed by atoms with Crippen LogP contribution in [0.1, 0.15) is 46.4 Å². The first kappa shape index (κ1) is 20.6. The van der Waals surface area contributed by atoms with Crippen LogP contribution in [0, 0.1) is 0 Å². The minimum Gasteiger partial charge on any atom is -0.305 e. The molecule has 0 aliphatic carbocycles. The van der Waals surface area contributed by atoms with Crippen molar-refractivity contribution >= 4 is 58.0 Å². The van der Waals surface area contributed by atoms with Crippen LogP contribution in [0.2, 0.25) is 10.0 Å². The fraction of sp³-hybridized carbons (Fsp3) is 0.273. The monoisotopic (exact) mass is 444 g/mol. The van der Waals surface area contributed by atoms with Crippen LogP contribution in [0.25, 0.3) is 0 Å². The molecule has 0 fully saturated rings. The lowest BCUT2D eigenvalue weighted by Crippen LogP contribution is -2.31. The van der Waals surface area contributed by atoms with Crippen molar-refractivity contribution in [2.75, 3.05) is 22.9 Å². The molecule has 2 aromatic rings. The molecular formula is C22H18Cl2N2O4. The van der Waals surface area contributed by atoms with Gasteiger partial charge in [0, 0.05) is 23.1 Å². The fourth-order valence-electron chi connectivity index (χ4n) is 3.88. The van der Waals surface area contributed by atoms with Gasteiger partial charge < -0.3 is 9.80 Å². The van der Waals surface area contributed by atoms with Gasteiger partial charge in [0.1, 0.15) is 0 Å². The van der Waals surface area contributed by atoms with Crippen molar-refractivity contribution in [1.29, 1.82) is 0 Å². The predicted octanol–water partition coefficient (Wildman–Crippen LogP) is 4.31. The fourth-order valence-corrected chi connectivity index (χ4v) is 4.23. The average molecular weight is 445 g/mol. The lowest BCUT2D eigenvalue weighted by atomic mass is 10.1.